The van der Waals surface area contributed by atoms with Crippen molar-refractivity contribution in [3.05, 3.63) is 59.4 Å². The van der Waals surface area contributed by atoms with E-state index in [-0.39, 0.29) is 18.3 Å². The van der Waals surface area contributed by atoms with Crippen molar-refractivity contribution in [2.45, 2.75) is 11.8 Å². The highest BCUT2D eigenvalue weighted by Crippen LogP contribution is 2.20. The number of benzene rings is 2. The van der Waals surface area contributed by atoms with E-state index in [2.05, 4.69) is 15.5 Å². The van der Waals surface area contributed by atoms with Crippen LogP contribution in [0.5, 0.6) is 11.5 Å². The number of halogens is 1. The van der Waals surface area contributed by atoms with Crippen LogP contribution in [0.25, 0.3) is 0 Å². The predicted molar refractivity (Wildman–Crippen MR) is 109 cm³/mol. The minimum absolute atomic E-state index is 0.139. The maximum Gasteiger partial charge on any atom is 0.234 e. The van der Waals surface area contributed by atoms with Gasteiger partial charge in [-0.1, -0.05) is 29.4 Å². The van der Waals surface area contributed by atoms with Gasteiger partial charge in [-0.05, 0) is 36.4 Å². The summed E-state index contributed by atoms with van der Waals surface area (Å²) >= 11 is 7.16. The van der Waals surface area contributed by atoms with E-state index in [0.29, 0.717) is 33.2 Å². The molecule has 1 amide bonds. The molecule has 3 aromatic rings. The molecule has 1 N–H and O–H groups in total. The fourth-order valence-corrected chi connectivity index (χ4v) is 3.16. The summed E-state index contributed by atoms with van der Waals surface area (Å²) in [6.45, 7) is 0.266. The first-order chi connectivity index (χ1) is 13.5. The Balaban J connectivity index is 1.52. The number of hydrogen-bond acceptors (Lipinski definition) is 6. The van der Waals surface area contributed by atoms with Crippen molar-refractivity contribution in [1.82, 2.24) is 14.8 Å². The lowest BCUT2D eigenvalue weighted by molar-refractivity contribution is -0.113. The zero-order chi connectivity index (χ0) is 19.9. The number of nitrogens with one attached hydrogen (secondary N) is 1. The van der Waals surface area contributed by atoms with E-state index >= 15 is 0 Å². The molecule has 0 atom stereocenters. The average Bonchev–Trinajstić information content (AvgIpc) is 3.05. The summed E-state index contributed by atoms with van der Waals surface area (Å²) in [7, 11) is 3.42. The lowest BCUT2D eigenvalue weighted by Crippen LogP contribution is -2.14. The van der Waals surface area contributed by atoms with Gasteiger partial charge in [-0.15, -0.1) is 10.2 Å². The molecule has 0 aliphatic rings. The van der Waals surface area contributed by atoms with Crippen LogP contribution in [0.15, 0.2) is 53.7 Å². The van der Waals surface area contributed by atoms with E-state index in [9.17, 15) is 4.79 Å². The topological polar surface area (TPSA) is 78.3 Å². The zero-order valence-electron chi connectivity index (χ0n) is 15.4. The molecule has 0 saturated carbocycles. The van der Waals surface area contributed by atoms with Crippen molar-refractivity contribution in [2.24, 2.45) is 7.05 Å². The Labute approximate surface area is 172 Å². The van der Waals surface area contributed by atoms with Crippen LogP contribution in [0.1, 0.15) is 5.82 Å². The van der Waals surface area contributed by atoms with Crippen LogP contribution in [0, 0.1) is 0 Å². The number of anilines is 1. The lowest BCUT2D eigenvalue weighted by atomic mass is 10.3. The summed E-state index contributed by atoms with van der Waals surface area (Å²) in [5.74, 6) is 2.11. The van der Waals surface area contributed by atoms with Crippen molar-refractivity contribution in [2.75, 3.05) is 18.2 Å². The molecule has 28 heavy (non-hydrogen) atoms. The van der Waals surface area contributed by atoms with E-state index in [1.165, 1.54) is 11.8 Å². The number of ether oxygens (including phenoxy) is 2. The third-order valence-electron chi connectivity index (χ3n) is 3.79. The number of nitrogens with zero attached hydrogens (tertiary/aromatic N) is 3. The van der Waals surface area contributed by atoms with Gasteiger partial charge in [-0.3, -0.25) is 4.79 Å². The monoisotopic (exact) mass is 418 g/mol. The van der Waals surface area contributed by atoms with Crippen LogP contribution >= 0.6 is 23.4 Å². The minimum Gasteiger partial charge on any atom is -0.497 e. The largest absolute Gasteiger partial charge is 0.497 e. The summed E-state index contributed by atoms with van der Waals surface area (Å²) < 4.78 is 12.6. The summed E-state index contributed by atoms with van der Waals surface area (Å²) in [5.41, 5.74) is 0.681. The Bertz CT molecular complexity index is 947. The average molecular weight is 419 g/mol. The molecule has 0 fully saturated rings. The van der Waals surface area contributed by atoms with Crippen molar-refractivity contribution in [3.8, 4) is 11.5 Å². The van der Waals surface area contributed by atoms with E-state index in [0.717, 1.165) is 0 Å². The second kappa shape index (κ2) is 9.48. The highest BCUT2D eigenvalue weighted by atomic mass is 35.5. The van der Waals surface area contributed by atoms with Gasteiger partial charge in [0.1, 0.15) is 18.1 Å². The number of methoxy groups -OCH3 is 1. The van der Waals surface area contributed by atoms with E-state index in [4.69, 9.17) is 21.1 Å². The number of amides is 1. The fourth-order valence-electron chi connectivity index (χ4n) is 2.30. The van der Waals surface area contributed by atoms with Crippen LogP contribution in [-0.2, 0) is 18.4 Å². The van der Waals surface area contributed by atoms with Gasteiger partial charge in [0.15, 0.2) is 11.0 Å². The molecule has 2 aromatic carbocycles. The second-order valence-electron chi connectivity index (χ2n) is 5.77. The van der Waals surface area contributed by atoms with Crippen LogP contribution in [0.3, 0.4) is 0 Å². The maximum absolute atomic E-state index is 12.2. The zero-order valence-corrected chi connectivity index (χ0v) is 17.0. The molecule has 7 nitrogen and oxygen atoms in total. The van der Waals surface area contributed by atoms with Crippen LogP contribution < -0.4 is 14.8 Å². The molecular weight excluding hydrogens is 400 g/mol. The number of carbonyl (C=O) groups excluding carboxylic acids is 1. The molecule has 1 heterocycles. The first-order valence-corrected chi connectivity index (χ1v) is 9.75. The summed E-state index contributed by atoms with van der Waals surface area (Å²) in [5, 5.41) is 12.4. The molecule has 0 spiro atoms. The number of rotatable bonds is 8. The Kier molecular flexibility index (Phi) is 6.78. The molecule has 3 rings (SSSR count). The molecular formula is C19H19ClN4O3S. The smallest absolute Gasteiger partial charge is 0.234 e. The highest BCUT2D eigenvalue weighted by molar-refractivity contribution is 7.99. The van der Waals surface area contributed by atoms with E-state index in [1.54, 1.807) is 48.1 Å². The van der Waals surface area contributed by atoms with Gasteiger partial charge in [-0.25, -0.2) is 0 Å². The molecule has 9 heteroatoms. The van der Waals surface area contributed by atoms with Crippen LogP contribution in [0.2, 0.25) is 5.02 Å². The summed E-state index contributed by atoms with van der Waals surface area (Å²) in [6, 6.07) is 14.3. The van der Waals surface area contributed by atoms with Crippen molar-refractivity contribution < 1.29 is 14.3 Å². The maximum atomic E-state index is 12.2. The Morgan fingerprint density at radius 2 is 1.96 bits per heavy atom. The van der Waals surface area contributed by atoms with Gasteiger partial charge in [0.05, 0.1) is 12.9 Å². The molecule has 0 bridgehead atoms. The number of thioether (sulfide) groups is 1. The Morgan fingerprint density at radius 3 is 2.71 bits per heavy atom. The quantitative estimate of drug-likeness (QED) is 0.561. The number of carbonyl (C=O) groups is 1. The van der Waals surface area contributed by atoms with Crippen molar-refractivity contribution in [1.29, 1.82) is 0 Å². The van der Waals surface area contributed by atoms with Gasteiger partial charge < -0.3 is 19.4 Å². The Hall–Kier alpha value is -2.71. The van der Waals surface area contributed by atoms with Gasteiger partial charge in [0.2, 0.25) is 5.91 Å². The normalized spacial score (nSPS) is 10.5. The number of hydrogen-bond donors (Lipinski definition) is 1. The fraction of sp³-hybridized carbons (Fsp3) is 0.211. The first-order valence-electron chi connectivity index (χ1n) is 8.38. The van der Waals surface area contributed by atoms with Crippen molar-refractivity contribution >= 4 is 35.0 Å². The number of aromatic nitrogens is 3. The molecule has 0 radical (unpaired) electrons. The third kappa shape index (κ3) is 5.40. The standard InChI is InChI=1S/C19H19ClN4O3S/c1-24-17(11-27-15-8-6-13(20)7-9-15)22-23-19(24)28-12-18(25)21-14-4-3-5-16(10-14)26-2/h3-10H,11-12H2,1-2H3,(H,21,25). The summed E-state index contributed by atoms with van der Waals surface area (Å²) in [6.07, 6.45) is 0. The van der Waals surface area contributed by atoms with E-state index < -0.39 is 0 Å². The molecule has 0 unspecified atom stereocenters. The molecule has 1 aromatic heterocycles. The van der Waals surface area contributed by atoms with Gasteiger partial charge in [-0.2, -0.15) is 0 Å². The summed E-state index contributed by atoms with van der Waals surface area (Å²) in [4.78, 5) is 12.2. The lowest BCUT2D eigenvalue weighted by Gasteiger charge is -2.08. The molecule has 146 valence electrons. The van der Waals surface area contributed by atoms with Crippen LogP contribution in [0.4, 0.5) is 5.69 Å². The second-order valence-corrected chi connectivity index (χ2v) is 7.15. The Morgan fingerprint density at radius 1 is 1.18 bits per heavy atom. The third-order valence-corrected chi connectivity index (χ3v) is 5.06. The molecule has 0 saturated heterocycles. The van der Waals surface area contributed by atoms with E-state index in [1.807, 2.05) is 19.2 Å². The first kappa shape index (κ1) is 20.0. The molecule has 0 aliphatic carbocycles. The SMILES string of the molecule is COc1cccc(NC(=O)CSc2nnc(COc3ccc(Cl)cc3)n2C)c1. The molecule has 0 aliphatic heterocycles. The predicted octanol–water partition coefficient (Wildman–Crippen LogP) is 3.79. The van der Waals surface area contributed by atoms with Gasteiger partial charge >= 0.3 is 0 Å². The van der Waals surface area contributed by atoms with Crippen molar-refractivity contribution in [3.63, 3.8) is 0 Å². The highest BCUT2D eigenvalue weighted by Gasteiger charge is 2.12. The minimum atomic E-state index is -0.139. The van der Waals surface area contributed by atoms with Gasteiger partial charge in [0, 0.05) is 23.8 Å². The van der Waals surface area contributed by atoms with Gasteiger partial charge in [0.25, 0.3) is 0 Å². The van der Waals surface area contributed by atoms with Crippen LogP contribution in [-0.4, -0.2) is 33.5 Å².